The lowest BCUT2D eigenvalue weighted by Gasteiger charge is -2.18. The number of hydrogen-bond acceptors (Lipinski definition) is 0. The van der Waals surface area contributed by atoms with E-state index in [1.165, 1.54) is 22.3 Å². The fraction of sp³-hybridized carbons (Fsp3) is 0.250. The molecular weight excluding hydrogens is 288 g/mol. The van der Waals surface area contributed by atoms with Gasteiger partial charge in [0.05, 0.1) is 0 Å². The Morgan fingerprint density at radius 2 is 1.29 bits per heavy atom. The van der Waals surface area contributed by atoms with E-state index >= 15 is 0 Å². The van der Waals surface area contributed by atoms with Gasteiger partial charge < -0.3 is 0 Å². The summed E-state index contributed by atoms with van der Waals surface area (Å²) in [6, 6.07) is 21.2. The highest BCUT2D eigenvalue weighted by Crippen LogP contribution is 2.27. The molecule has 0 atom stereocenters. The van der Waals surface area contributed by atoms with Crippen molar-refractivity contribution in [3.8, 4) is 0 Å². The first-order valence-corrected chi connectivity index (χ1v) is 8.64. The monoisotopic (exact) mass is 316 g/mol. The van der Waals surface area contributed by atoms with Crippen LogP contribution in [0.25, 0.3) is 5.57 Å². The van der Waals surface area contributed by atoms with Crippen molar-refractivity contribution in [2.75, 3.05) is 0 Å². The van der Waals surface area contributed by atoms with Crippen LogP contribution in [0, 0.1) is 5.41 Å². The SMILES string of the molecule is C/C=C/C(=C/C=C(c1ccccc1)c1ccccc1)CC(C)(C)C. The van der Waals surface area contributed by atoms with Crippen LogP contribution in [0.2, 0.25) is 0 Å². The summed E-state index contributed by atoms with van der Waals surface area (Å²) in [5.74, 6) is 0. The Morgan fingerprint density at radius 3 is 1.71 bits per heavy atom. The Balaban J connectivity index is 2.46. The molecule has 0 saturated heterocycles. The normalized spacial score (nSPS) is 12.4. The molecule has 2 aromatic rings. The highest BCUT2D eigenvalue weighted by molar-refractivity contribution is 5.80. The molecule has 0 aliphatic carbocycles. The van der Waals surface area contributed by atoms with Crippen molar-refractivity contribution in [3.63, 3.8) is 0 Å². The fourth-order valence-corrected chi connectivity index (χ4v) is 2.78. The van der Waals surface area contributed by atoms with Gasteiger partial charge in [0.2, 0.25) is 0 Å². The number of hydrogen-bond donors (Lipinski definition) is 0. The number of rotatable bonds is 5. The molecule has 0 saturated carbocycles. The van der Waals surface area contributed by atoms with Gasteiger partial charge in [-0.15, -0.1) is 0 Å². The van der Waals surface area contributed by atoms with Gasteiger partial charge in [0.25, 0.3) is 0 Å². The van der Waals surface area contributed by atoms with Crippen LogP contribution in [0.4, 0.5) is 0 Å². The fourth-order valence-electron chi connectivity index (χ4n) is 2.78. The van der Waals surface area contributed by atoms with Crippen LogP contribution in [0.1, 0.15) is 45.2 Å². The second-order valence-corrected chi connectivity index (χ2v) is 7.29. The second-order valence-electron chi connectivity index (χ2n) is 7.29. The van der Waals surface area contributed by atoms with Crippen molar-refractivity contribution < 1.29 is 0 Å². The van der Waals surface area contributed by atoms with E-state index in [4.69, 9.17) is 0 Å². The van der Waals surface area contributed by atoms with Crippen molar-refractivity contribution in [1.29, 1.82) is 0 Å². The molecule has 0 heterocycles. The maximum atomic E-state index is 2.28. The summed E-state index contributed by atoms with van der Waals surface area (Å²) in [6.07, 6.45) is 9.92. The Kier molecular flexibility index (Phi) is 6.37. The zero-order valence-electron chi connectivity index (χ0n) is 15.3. The molecule has 0 N–H and O–H groups in total. The predicted octanol–water partition coefficient (Wildman–Crippen LogP) is 7.06. The van der Waals surface area contributed by atoms with Crippen LogP contribution in [0.5, 0.6) is 0 Å². The van der Waals surface area contributed by atoms with E-state index in [0.29, 0.717) is 0 Å². The van der Waals surface area contributed by atoms with E-state index in [9.17, 15) is 0 Å². The molecule has 0 heteroatoms. The van der Waals surface area contributed by atoms with E-state index in [-0.39, 0.29) is 5.41 Å². The summed E-state index contributed by atoms with van der Waals surface area (Å²) in [5, 5.41) is 0. The molecule has 0 aliphatic heterocycles. The largest absolute Gasteiger partial charge is 0.0874 e. The first-order chi connectivity index (χ1) is 11.5. The first kappa shape index (κ1) is 18.0. The number of benzene rings is 2. The van der Waals surface area contributed by atoms with Gasteiger partial charge in [0.1, 0.15) is 0 Å². The Morgan fingerprint density at radius 1 is 0.792 bits per heavy atom. The zero-order valence-corrected chi connectivity index (χ0v) is 15.3. The summed E-state index contributed by atoms with van der Waals surface area (Å²) in [4.78, 5) is 0. The average molecular weight is 316 g/mol. The quantitative estimate of drug-likeness (QED) is 0.518. The van der Waals surface area contributed by atoms with Crippen molar-refractivity contribution in [1.82, 2.24) is 0 Å². The van der Waals surface area contributed by atoms with Crippen LogP contribution in [0.3, 0.4) is 0 Å². The molecule has 124 valence electrons. The zero-order chi connectivity index (χ0) is 17.4. The van der Waals surface area contributed by atoms with E-state index in [1.807, 2.05) is 0 Å². The van der Waals surface area contributed by atoms with Gasteiger partial charge in [-0.25, -0.2) is 0 Å². The summed E-state index contributed by atoms with van der Waals surface area (Å²) >= 11 is 0. The summed E-state index contributed by atoms with van der Waals surface area (Å²) in [7, 11) is 0. The first-order valence-electron chi connectivity index (χ1n) is 8.64. The predicted molar refractivity (Wildman–Crippen MR) is 107 cm³/mol. The third-order valence-electron chi connectivity index (χ3n) is 3.75. The molecule has 0 fully saturated rings. The van der Waals surface area contributed by atoms with Crippen LogP contribution in [-0.4, -0.2) is 0 Å². The van der Waals surface area contributed by atoms with E-state index < -0.39 is 0 Å². The molecule has 0 aromatic heterocycles. The van der Waals surface area contributed by atoms with Crippen molar-refractivity contribution in [3.05, 3.63) is 102 Å². The molecular formula is C24H28. The molecule has 24 heavy (non-hydrogen) atoms. The lowest BCUT2D eigenvalue weighted by Crippen LogP contribution is -2.05. The van der Waals surface area contributed by atoms with Gasteiger partial charge in [-0.05, 0) is 41.0 Å². The van der Waals surface area contributed by atoms with E-state index in [1.54, 1.807) is 0 Å². The minimum absolute atomic E-state index is 0.277. The van der Waals surface area contributed by atoms with Gasteiger partial charge >= 0.3 is 0 Å². The Labute approximate surface area is 147 Å². The third-order valence-corrected chi connectivity index (χ3v) is 3.75. The summed E-state index contributed by atoms with van der Waals surface area (Å²) in [6.45, 7) is 8.92. The van der Waals surface area contributed by atoms with Crippen molar-refractivity contribution in [2.45, 2.75) is 34.1 Å². The molecule has 0 spiro atoms. The topological polar surface area (TPSA) is 0 Å². The molecule has 0 unspecified atom stereocenters. The van der Waals surface area contributed by atoms with Gasteiger partial charge in [-0.2, -0.15) is 0 Å². The lowest BCUT2D eigenvalue weighted by molar-refractivity contribution is 0.413. The third kappa shape index (κ3) is 5.70. The Hall–Kier alpha value is -2.34. The van der Waals surface area contributed by atoms with Crippen LogP contribution in [-0.2, 0) is 0 Å². The van der Waals surface area contributed by atoms with Gasteiger partial charge in [-0.3, -0.25) is 0 Å². The lowest BCUT2D eigenvalue weighted by atomic mass is 9.87. The average Bonchev–Trinajstić information content (AvgIpc) is 2.56. The van der Waals surface area contributed by atoms with Crippen LogP contribution in [0.15, 0.2) is 90.5 Å². The van der Waals surface area contributed by atoms with Crippen LogP contribution < -0.4 is 0 Å². The van der Waals surface area contributed by atoms with Gasteiger partial charge in [0.15, 0.2) is 0 Å². The minimum atomic E-state index is 0.277. The smallest absolute Gasteiger partial charge is 0.0111 e. The van der Waals surface area contributed by atoms with E-state index in [0.717, 1.165) is 6.42 Å². The standard InChI is InChI=1S/C24H28/c1-5-12-20(19-24(2,3)4)17-18-23(21-13-8-6-9-14-21)22-15-10-7-11-16-22/h5-18H,19H2,1-4H3/b12-5+,20-17-. The molecule has 0 amide bonds. The van der Waals surface area contributed by atoms with Gasteiger partial charge in [-0.1, -0.05) is 106 Å². The maximum absolute atomic E-state index is 2.28. The highest BCUT2D eigenvalue weighted by Gasteiger charge is 2.11. The molecule has 0 radical (unpaired) electrons. The Bertz CT molecular complexity index is 666. The minimum Gasteiger partial charge on any atom is -0.0874 e. The van der Waals surface area contributed by atoms with Gasteiger partial charge in [0, 0.05) is 0 Å². The van der Waals surface area contributed by atoms with Crippen molar-refractivity contribution >= 4 is 5.57 Å². The number of allylic oxidation sites excluding steroid dienone is 5. The molecule has 0 nitrogen and oxygen atoms in total. The highest BCUT2D eigenvalue weighted by atomic mass is 14.2. The van der Waals surface area contributed by atoms with Crippen molar-refractivity contribution in [2.24, 2.45) is 5.41 Å². The molecule has 2 rings (SSSR count). The summed E-state index contributed by atoms with van der Waals surface area (Å²) < 4.78 is 0. The molecule has 2 aromatic carbocycles. The molecule has 0 aliphatic rings. The maximum Gasteiger partial charge on any atom is -0.0111 e. The second kappa shape index (κ2) is 8.49. The summed E-state index contributed by atoms with van der Waals surface area (Å²) in [5.41, 5.74) is 5.38. The van der Waals surface area contributed by atoms with E-state index in [2.05, 4.69) is 113 Å². The molecule has 0 bridgehead atoms. The van der Waals surface area contributed by atoms with Crippen LogP contribution >= 0.6 is 0 Å².